The van der Waals surface area contributed by atoms with E-state index in [0.29, 0.717) is 11.5 Å². The van der Waals surface area contributed by atoms with Gasteiger partial charge in [0.25, 0.3) is 0 Å². The lowest BCUT2D eigenvalue weighted by Crippen LogP contribution is -2.30. The van der Waals surface area contributed by atoms with E-state index in [1.54, 1.807) is 19.6 Å². The van der Waals surface area contributed by atoms with Gasteiger partial charge >= 0.3 is 0 Å². The lowest BCUT2D eigenvalue weighted by molar-refractivity contribution is 0.397. The Labute approximate surface area is 105 Å². The highest BCUT2D eigenvalue weighted by molar-refractivity contribution is 5.82. The van der Waals surface area contributed by atoms with Crippen LogP contribution in [0.1, 0.15) is 19.3 Å². The molecule has 1 aliphatic rings. The third-order valence-electron chi connectivity index (χ3n) is 3.17. The van der Waals surface area contributed by atoms with E-state index in [0.717, 1.165) is 24.4 Å². The molecule has 1 aliphatic heterocycles. The Kier molecular flexibility index (Phi) is 2.92. The third kappa shape index (κ3) is 1.94. The summed E-state index contributed by atoms with van der Waals surface area (Å²) in [5.41, 5.74) is 1.34. The molecule has 0 aromatic carbocycles. The fourth-order valence-corrected chi connectivity index (χ4v) is 2.25. The van der Waals surface area contributed by atoms with Crippen LogP contribution in [-0.4, -0.2) is 40.1 Å². The molecule has 0 atom stereocenters. The number of nitrogens with zero attached hydrogens (tertiary/aromatic N) is 5. The van der Waals surface area contributed by atoms with Crippen LogP contribution in [0.4, 0.5) is 5.82 Å². The average molecular weight is 245 g/mol. The molecule has 18 heavy (non-hydrogen) atoms. The van der Waals surface area contributed by atoms with Crippen LogP contribution in [0.3, 0.4) is 0 Å². The van der Waals surface area contributed by atoms with Gasteiger partial charge in [-0.05, 0) is 19.3 Å². The topological polar surface area (TPSA) is 64.0 Å². The standard InChI is InChI=1S/C12H15N5O/c1-18-9-7-13-11-10(16-9)12(15-8-14-11)17-5-3-2-4-6-17/h7-8H,2-6H2,1H3. The number of hydrogen-bond acceptors (Lipinski definition) is 6. The van der Waals surface area contributed by atoms with Crippen molar-refractivity contribution in [3.8, 4) is 5.88 Å². The zero-order valence-electron chi connectivity index (χ0n) is 10.3. The van der Waals surface area contributed by atoms with Crippen LogP contribution in [0, 0.1) is 0 Å². The first-order chi connectivity index (χ1) is 8.88. The predicted molar refractivity (Wildman–Crippen MR) is 67.7 cm³/mol. The molecule has 0 bridgehead atoms. The molecule has 0 N–H and O–H groups in total. The molecule has 3 heterocycles. The van der Waals surface area contributed by atoms with E-state index in [1.165, 1.54) is 19.3 Å². The summed E-state index contributed by atoms with van der Waals surface area (Å²) in [6, 6.07) is 0. The van der Waals surface area contributed by atoms with Gasteiger partial charge in [0.2, 0.25) is 5.88 Å². The van der Waals surface area contributed by atoms with Crippen molar-refractivity contribution >= 4 is 17.0 Å². The first-order valence-electron chi connectivity index (χ1n) is 6.15. The fraction of sp³-hybridized carbons (Fsp3) is 0.500. The maximum atomic E-state index is 5.12. The van der Waals surface area contributed by atoms with E-state index in [1.807, 2.05) is 0 Å². The Morgan fingerprint density at radius 3 is 2.72 bits per heavy atom. The van der Waals surface area contributed by atoms with Gasteiger partial charge in [-0.15, -0.1) is 0 Å². The molecule has 0 aliphatic carbocycles. The molecule has 3 rings (SSSR count). The maximum Gasteiger partial charge on any atom is 0.232 e. The van der Waals surface area contributed by atoms with Crippen molar-refractivity contribution in [2.24, 2.45) is 0 Å². The molecule has 0 unspecified atom stereocenters. The number of rotatable bonds is 2. The Morgan fingerprint density at radius 2 is 1.94 bits per heavy atom. The van der Waals surface area contributed by atoms with Gasteiger partial charge < -0.3 is 9.64 Å². The summed E-state index contributed by atoms with van der Waals surface area (Å²) >= 11 is 0. The average Bonchev–Trinajstić information content (AvgIpc) is 2.47. The van der Waals surface area contributed by atoms with Crippen molar-refractivity contribution in [3.05, 3.63) is 12.5 Å². The van der Waals surface area contributed by atoms with Crippen LogP contribution in [0.5, 0.6) is 5.88 Å². The second kappa shape index (κ2) is 4.72. The number of fused-ring (bicyclic) bond motifs is 1. The van der Waals surface area contributed by atoms with Gasteiger partial charge in [-0.3, -0.25) is 0 Å². The Hall–Kier alpha value is -1.98. The second-order valence-electron chi connectivity index (χ2n) is 4.33. The van der Waals surface area contributed by atoms with Gasteiger partial charge in [0.1, 0.15) is 6.33 Å². The van der Waals surface area contributed by atoms with E-state index in [9.17, 15) is 0 Å². The van der Waals surface area contributed by atoms with E-state index >= 15 is 0 Å². The monoisotopic (exact) mass is 245 g/mol. The Morgan fingerprint density at radius 1 is 1.11 bits per heavy atom. The summed E-state index contributed by atoms with van der Waals surface area (Å²) in [7, 11) is 1.58. The molecule has 0 radical (unpaired) electrons. The van der Waals surface area contributed by atoms with Crippen LogP contribution >= 0.6 is 0 Å². The Balaban J connectivity index is 2.09. The van der Waals surface area contributed by atoms with Crippen LogP contribution in [0.25, 0.3) is 11.2 Å². The summed E-state index contributed by atoms with van der Waals surface area (Å²) in [4.78, 5) is 19.4. The number of hydrogen-bond donors (Lipinski definition) is 0. The van der Waals surface area contributed by atoms with Crippen LogP contribution in [0.15, 0.2) is 12.5 Å². The van der Waals surface area contributed by atoms with E-state index in [4.69, 9.17) is 4.74 Å². The highest BCUT2D eigenvalue weighted by Crippen LogP contribution is 2.24. The van der Waals surface area contributed by atoms with Crippen molar-refractivity contribution in [1.29, 1.82) is 0 Å². The van der Waals surface area contributed by atoms with E-state index < -0.39 is 0 Å². The van der Waals surface area contributed by atoms with Crippen LogP contribution in [0.2, 0.25) is 0 Å². The zero-order chi connectivity index (χ0) is 12.4. The van der Waals surface area contributed by atoms with Crippen molar-refractivity contribution in [2.45, 2.75) is 19.3 Å². The van der Waals surface area contributed by atoms with Gasteiger partial charge in [-0.25, -0.2) is 19.9 Å². The highest BCUT2D eigenvalue weighted by atomic mass is 16.5. The van der Waals surface area contributed by atoms with Gasteiger partial charge in [-0.1, -0.05) is 0 Å². The molecular weight excluding hydrogens is 230 g/mol. The second-order valence-corrected chi connectivity index (χ2v) is 4.33. The Bertz CT molecular complexity index is 553. The molecular formula is C12H15N5O. The molecule has 2 aromatic rings. The molecule has 0 amide bonds. The third-order valence-corrected chi connectivity index (χ3v) is 3.17. The quantitative estimate of drug-likeness (QED) is 0.797. The maximum absolute atomic E-state index is 5.12. The normalized spacial score (nSPS) is 15.9. The van der Waals surface area contributed by atoms with E-state index in [-0.39, 0.29) is 0 Å². The largest absolute Gasteiger partial charge is 0.480 e. The van der Waals surface area contributed by atoms with Crippen molar-refractivity contribution in [3.63, 3.8) is 0 Å². The number of anilines is 1. The van der Waals surface area contributed by atoms with Crippen LogP contribution < -0.4 is 9.64 Å². The molecule has 1 fully saturated rings. The summed E-state index contributed by atoms with van der Waals surface area (Å²) in [6.45, 7) is 2.04. The molecule has 0 saturated carbocycles. The fourth-order valence-electron chi connectivity index (χ4n) is 2.25. The lowest BCUT2D eigenvalue weighted by atomic mass is 10.1. The molecule has 6 nitrogen and oxygen atoms in total. The van der Waals surface area contributed by atoms with Gasteiger partial charge in [-0.2, -0.15) is 0 Å². The summed E-state index contributed by atoms with van der Waals surface area (Å²) in [5.74, 6) is 1.36. The predicted octanol–water partition coefficient (Wildman–Crippen LogP) is 1.42. The van der Waals surface area contributed by atoms with Gasteiger partial charge in [0.15, 0.2) is 17.0 Å². The van der Waals surface area contributed by atoms with E-state index in [2.05, 4.69) is 24.8 Å². The molecule has 2 aromatic heterocycles. The number of ether oxygens (including phenoxy) is 1. The number of methoxy groups -OCH3 is 1. The highest BCUT2D eigenvalue weighted by Gasteiger charge is 2.17. The van der Waals surface area contributed by atoms with Gasteiger partial charge in [0, 0.05) is 13.1 Å². The smallest absolute Gasteiger partial charge is 0.232 e. The minimum Gasteiger partial charge on any atom is -0.480 e. The SMILES string of the molecule is COc1cnc2ncnc(N3CCCCC3)c2n1. The number of piperidine rings is 1. The molecule has 0 spiro atoms. The summed E-state index contributed by atoms with van der Waals surface area (Å²) in [5, 5.41) is 0. The summed E-state index contributed by atoms with van der Waals surface area (Å²) in [6.07, 6.45) is 6.81. The van der Waals surface area contributed by atoms with Crippen LogP contribution in [-0.2, 0) is 0 Å². The molecule has 1 saturated heterocycles. The minimum atomic E-state index is 0.496. The first kappa shape index (κ1) is 11.1. The lowest BCUT2D eigenvalue weighted by Gasteiger charge is -2.27. The first-order valence-corrected chi connectivity index (χ1v) is 6.15. The zero-order valence-corrected chi connectivity index (χ0v) is 10.3. The number of aromatic nitrogens is 4. The minimum absolute atomic E-state index is 0.496. The van der Waals surface area contributed by atoms with Gasteiger partial charge in [0.05, 0.1) is 13.3 Å². The summed E-state index contributed by atoms with van der Waals surface area (Å²) < 4.78 is 5.12. The van der Waals surface area contributed by atoms with Crippen molar-refractivity contribution in [1.82, 2.24) is 19.9 Å². The molecule has 94 valence electrons. The van der Waals surface area contributed by atoms with Crippen molar-refractivity contribution < 1.29 is 4.74 Å². The molecule has 6 heteroatoms. The van der Waals surface area contributed by atoms with Crippen molar-refractivity contribution in [2.75, 3.05) is 25.1 Å².